The molecule has 7 heteroatoms. The number of thiazole rings is 1. The summed E-state index contributed by atoms with van der Waals surface area (Å²) in [6.07, 6.45) is 5.55. The highest BCUT2D eigenvalue weighted by atomic mass is 32.1. The molecular formula is C14H19N5OS. The van der Waals surface area contributed by atoms with E-state index in [9.17, 15) is 4.79 Å². The van der Waals surface area contributed by atoms with Crippen LogP contribution >= 0.6 is 11.3 Å². The second kappa shape index (κ2) is 6.36. The number of hydrogen-bond acceptors (Lipinski definition) is 6. The van der Waals surface area contributed by atoms with Crippen molar-refractivity contribution < 1.29 is 0 Å². The molecule has 1 atom stereocenters. The minimum Gasteiger partial charge on any atom is -0.350 e. The van der Waals surface area contributed by atoms with Crippen molar-refractivity contribution >= 4 is 17.2 Å². The number of anilines is 1. The molecule has 0 saturated carbocycles. The van der Waals surface area contributed by atoms with Crippen LogP contribution in [0.15, 0.2) is 28.1 Å². The summed E-state index contributed by atoms with van der Waals surface area (Å²) < 4.78 is 1.58. The first-order valence-electron chi connectivity index (χ1n) is 7.11. The normalized spacial score (nSPS) is 18.9. The highest BCUT2D eigenvalue weighted by molar-refractivity contribution is 7.07. The highest BCUT2D eigenvalue weighted by Crippen LogP contribution is 2.15. The molecule has 0 bridgehead atoms. The summed E-state index contributed by atoms with van der Waals surface area (Å²) in [7, 11) is 1.76. The Kier molecular flexibility index (Phi) is 4.31. The third kappa shape index (κ3) is 3.30. The maximum atomic E-state index is 12.1. The average Bonchev–Trinajstić information content (AvgIpc) is 3.02. The van der Waals surface area contributed by atoms with Gasteiger partial charge in [-0.2, -0.15) is 0 Å². The van der Waals surface area contributed by atoms with Crippen LogP contribution in [0.25, 0.3) is 0 Å². The maximum absolute atomic E-state index is 12.1. The van der Waals surface area contributed by atoms with Crippen LogP contribution in [0.4, 0.5) is 5.82 Å². The molecule has 0 unspecified atom stereocenters. The van der Waals surface area contributed by atoms with E-state index < -0.39 is 0 Å². The molecule has 2 aromatic heterocycles. The van der Waals surface area contributed by atoms with Gasteiger partial charge >= 0.3 is 0 Å². The van der Waals surface area contributed by atoms with E-state index in [0.29, 0.717) is 11.9 Å². The van der Waals surface area contributed by atoms with Crippen molar-refractivity contribution in [1.82, 2.24) is 19.9 Å². The third-order valence-electron chi connectivity index (χ3n) is 3.77. The Hall–Kier alpha value is -1.73. The number of aryl methyl sites for hydroxylation is 1. The van der Waals surface area contributed by atoms with Gasteiger partial charge in [0.1, 0.15) is 0 Å². The Bertz CT molecular complexity index is 639. The molecule has 2 aromatic rings. The zero-order chi connectivity index (χ0) is 14.7. The number of piperidine rings is 1. The van der Waals surface area contributed by atoms with E-state index in [-0.39, 0.29) is 5.56 Å². The van der Waals surface area contributed by atoms with Crippen molar-refractivity contribution in [3.05, 3.63) is 39.3 Å². The molecule has 0 radical (unpaired) electrons. The van der Waals surface area contributed by atoms with Gasteiger partial charge in [-0.1, -0.05) is 0 Å². The molecule has 0 amide bonds. The fourth-order valence-corrected chi connectivity index (χ4v) is 3.17. The van der Waals surface area contributed by atoms with Gasteiger partial charge in [-0.3, -0.25) is 4.79 Å². The average molecular weight is 305 g/mol. The van der Waals surface area contributed by atoms with Gasteiger partial charge in [-0.15, -0.1) is 11.3 Å². The zero-order valence-electron chi connectivity index (χ0n) is 12.0. The molecule has 1 N–H and O–H groups in total. The summed E-state index contributed by atoms with van der Waals surface area (Å²) in [4.78, 5) is 22.8. The molecule has 1 fully saturated rings. The van der Waals surface area contributed by atoms with Gasteiger partial charge in [0.15, 0.2) is 5.82 Å². The van der Waals surface area contributed by atoms with Gasteiger partial charge < -0.3 is 14.8 Å². The second-order valence-electron chi connectivity index (χ2n) is 5.31. The molecule has 21 heavy (non-hydrogen) atoms. The van der Waals surface area contributed by atoms with Gasteiger partial charge in [-0.05, 0) is 12.8 Å². The van der Waals surface area contributed by atoms with Crippen LogP contribution in [-0.2, 0) is 13.6 Å². The molecule has 1 aliphatic rings. The van der Waals surface area contributed by atoms with Crippen LogP contribution in [0, 0.1) is 0 Å². The Morgan fingerprint density at radius 2 is 2.38 bits per heavy atom. The molecule has 1 saturated heterocycles. The predicted molar refractivity (Wildman–Crippen MR) is 83.7 cm³/mol. The number of rotatable bonds is 4. The van der Waals surface area contributed by atoms with E-state index in [2.05, 4.69) is 25.6 Å². The lowest BCUT2D eigenvalue weighted by Crippen LogP contribution is -2.47. The maximum Gasteiger partial charge on any atom is 0.293 e. The van der Waals surface area contributed by atoms with E-state index in [1.165, 1.54) is 0 Å². The first-order chi connectivity index (χ1) is 10.2. The Morgan fingerprint density at radius 3 is 3.19 bits per heavy atom. The van der Waals surface area contributed by atoms with Gasteiger partial charge in [0.2, 0.25) is 0 Å². The molecule has 0 aromatic carbocycles. The summed E-state index contributed by atoms with van der Waals surface area (Å²) in [5, 5.41) is 5.58. The summed E-state index contributed by atoms with van der Waals surface area (Å²) in [6, 6.07) is 0.368. The molecule has 1 aliphatic heterocycles. The van der Waals surface area contributed by atoms with Crippen LogP contribution in [0.1, 0.15) is 18.5 Å². The van der Waals surface area contributed by atoms with Gasteiger partial charge in [-0.25, -0.2) is 9.97 Å². The quantitative estimate of drug-likeness (QED) is 0.913. The van der Waals surface area contributed by atoms with Crippen LogP contribution in [-0.4, -0.2) is 33.7 Å². The molecular weight excluding hydrogens is 286 g/mol. The van der Waals surface area contributed by atoms with E-state index in [1.54, 1.807) is 35.3 Å². The minimum absolute atomic E-state index is 0.0300. The highest BCUT2D eigenvalue weighted by Gasteiger charge is 2.22. The Balaban J connectivity index is 1.65. The van der Waals surface area contributed by atoms with Crippen molar-refractivity contribution in [3.63, 3.8) is 0 Å². The number of nitrogens with one attached hydrogen (secondary N) is 1. The second-order valence-corrected chi connectivity index (χ2v) is 6.03. The molecule has 0 aliphatic carbocycles. The first-order valence-corrected chi connectivity index (χ1v) is 8.05. The third-order valence-corrected chi connectivity index (χ3v) is 4.41. The molecule has 3 heterocycles. The van der Waals surface area contributed by atoms with Crippen LogP contribution in [0.2, 0.25) is 0 Å². The van der Waals surface area contributed by atoms with E-state index in [4.69, 9.17) is 0 Å². The number of nitrogens with zero attached hydrogens (tertiary/aromatic N) is 4. The SMILES string of the molecule is Cn1ccnc(N2CCC[C@@H](NCc3cscn3)C2)c1=O. The fraction of sp³-hybridized carbons (Fsp3) is 0.500. The monoisotopic (exact) mass is 305 g/mol. The van der Waals surface area contributed by atoms with Gasteiger partial charge in [0.05, 0.1) is 11.2 Å². The summed E-state index contributed by atoms with van der Waals surface area (Å²) in [5.74, 6) is 0.556. The largest absolute Gasteiger partial charge is 0.350 e. The topological polar surface area (TPSA) is 63.1 Å². The predicted octanol–water partition coefficient (Wildman–Crippen LogP) is 0.995. The van der Waals surface area contributed by atoms with Crippen LogP contribution in [0.3, 0.4) is 0 Å². The van der Waals surface area contributed by atoms with E-state index in [0.717, 1.165) is 38.2 Å². The lowest BCUT2D eigenvalue weighted by Gasteiger charge is -2.33. The summed E-state index contributed by atoms with van der Waals surface area (Å²) in [6.45, 7) is 2.49. The number of hydrogen-bond donors (Lipinski definition) is 1. The first kappa shape index (κ1) is 14.2. The van der Waals surface area contributed by atoms with Gasteiger partial charge in [0.25, 0.3) is 5.56 Å². The Morgan fingerprint density at radius 1 is 1.48 bits per heavy atom. The lowest BCUT2D eigenvalue weighted by molar-refractivity contribution is 0.417. The van der Waals surface area contributed by atoms with Crippen LogP contribution < -0.4 is 15.8 Å². The van der Waals surface area contributed by atoms with E-state index >= 15 is 0 Å². The lowest BCUT2D eigenvalue weighted by atomic mass is 10.1. The van der Waals surface area contributed by atoms with Crippen molar-refractivity contribution in [1.29, 1.82) is 0 Å². The molecule has 0 spiro atoms. The van der Waals surface area contributed by atoms with Crippen molar-refractivity contribution in [2.45, 2.75) is 25.4 Å². The Labute approximate surface area is 127 Å². The number of aromatic nitrogens is 3. The zero-order valence-corrected chi connectivity index (χ0v) is 12.8. The van der Waals surface area contributed by atoms with E-state index in [1.807, 2.05) is 5.51 Å². The molecule has 3 rings (SSSR count). The van der Waals surface area contributed by atoms with Crippen molar-refractivity contribution in [2.24, 2.45) is 7.05 Å². The van der Waals surface area contributed by atoms with Crippen molar-refractivity contribution in [2.75, 3.05) is 18.0 Å². The molecule has 112 valence electrons. The van der Waals surface area contributed by atoms with Gasteiger partial charge in [0, 0.05) is 50.5 Å². The summed E-state index contributed by atoms with van der Waals surface area (Å²) >= 11 is 1.61. The van der Waals surface area contributed by atoms with Crippen LogP contribution in [0.5, 0.6) is 0 Å². The smallest absolute Gasteiger partial charge is 0.293 e. The fourth-order valence-electron chi connectivity index (χ4n) is 2.61. The standard InChI is InChI=1S/C14H19N5OS/c1-18-6-4-15-13(14(18)20)19-5-2-3-11(8-19)16-7-12-9-21-10-17-12/h4,6,9-11,16H,2-3,5,7-8H2,1H3/t11-/m1/s1. The minimum atomic E-state index is -0.0300. The molecule has 6 nitrogen and oxygen atoms in total. The summed E-state index contributed by atoms with van der Waals surface area (Å²) in [5.41, 5.74) is 2.89. The van der Waals surface area contributed by atoms with Crippen molar-refractivity contribution in [3.8, 4) is 0 Å².